The highest BCUT2D eigenvalue weighted by Crippen LogP contribution is 2.33. The summed E-state index contributed by atoms with van der Waals surface area (Å²) in [7, 11) is 1.68. The fourth-order valence-corrected chi connectivity index (χ4v) is 4.36. The molecule has 0 radical (unpaired) electrons. The molecule has 0 N–H and O–H groups in total. The summed E-state index contributed by atoms with van der Waals surface area (Å²) in [6.45, 7) is 1.86. The topological polar surface area (TPSA) is 42.4 Å². The van der Waals surface area contributed by atoms with Crippen molar-refractivity contribution in [2.24, 2.45) is 0 Å². The van der Waals surface area contributed by atoms with E-state index in [0.29, 0.717) is 30.5 Å². The number of hydrogen-bond donors (Lipinski definition) is 0. The Hall–Kier alpha value is -2.08. The Kier molecular flexibility index (Phi) is 7.71. The SMILES string of the molecule is COCCCN(Cc1ccncc1)C(=O)CSc1cccc2cccc(Cl)c12. The maximum Gasteiger partial charge on any atom is 0.233 e. The van der Waals surface area contributed by atoms with Crippen LogP contribution in [0.3, 0.4) is 0 Å². The van der Waals surface area contributed by atoms with Gasteiger partial charge in [0.25, 0.3) is 0 Å². The zero-order chi connectivity index (χ0) is 19.8. The molecule has 0 aliphatic heterocycles. The molecule has 28 heavy (non-hydrogen) atoms. The lowest BCUT2D eigenvalue weighted by molar-refractivity contribution is -0.129. The summed E-state index contributed by atoms with van der Waals surface area (Å²) in [5, 5.41) is 2.80. The lowest BCUT2D eigenvalue weighted by Gasteiger charge is -2.23. The number of aromatic nitrogens is 1. The number of ether oxygens (including phenoxy) is 1. The van der Waals surface area contributed by atoms with Gasteiger partial charge in [0.05, 0.1) is 5.75 Å². The van der Waals surface area contributed by atoms with Gasteiger partial charge in [-0.15, -0.1) is 11.8 Å². The monoisotopic (exact) mass is 414 g/mol. The van der Waals surface area contributed by atoms with Gasteiger partial charge in [0, 0.05) is 54.5 Å². The largest absolute Gasteiger partial charge is 0.385 e. The van der Waals surface area contributed by atoms with E-state index < -0.39 is 0 Å². The van der Waals surface area contributed by atoms with E-state index in [-0.39, 0.29) is 5.91 Å². The van der Waals surface area contributed by atoms with Gasteiger partial charge in [-0.25, -0.2) is 0 Å². The summed E-state index contributed by atoms with van der Waals surface area (Å²) in [6, 6.07) is 15.8. The van der Waals surface area contributed by atoms with Crippen molar-refractivity contribution in [2.45, 2.75) is 17.9 Å². The van der Waals surface area contributed by atoms with Crippen molar-refractivity contribution in [1.29, 1.82) is 0 Å². The molecule has 6 heteroatoms. The fourth-order valence-electron chi connectivity index (χ4n) is 3.01. The summed E-state index contributed by atoms with van der Waals surface area (Å²) in [5.74, 6) is 0.463. The zero-order valence-corrected chi connectivity index (χ0v) is 17.4. The van der Waals surface area contributed by atoms with Gasteiger partial charge in [0.15, 0.2) is 0 Å². The van der Waals surface area contributed by atoms with Crippen LogP contribution in [0, 0.1) is 0 Å². The number of hydrogen-bond acceptors (Lipinski definition) is 4. The highest BCUT2D eigenvalue weighted by Gasteiger charge is 2.15. The van der Waals surface area contributed by atoms with Crippen LogP contribution in [-0.4, -0.2) is 41.8 Å². The maximum atomic E-state index is 13.0. The van der Waals surface area contributed by atoms with Gasteiger partial charge in [-0.1, -0.05) is 35.9 Å². The lowest BCUT2D eigenvalue weighted by Crippen LogP contribution is -2.33. The standard InChI is InChI=1S/C22H23ClN2O2S/c1-27-14-4-13-25(15-17-9-11-24-12-10-17)21(26)16-28-20-8-3-6-18-5-2-7-19(23)22(18)20/h2-3,5-12H,4,13-16H2,1H3. The van der Waals surface area contributed by atoms with Crippen molar-refractivity contribution in [3.05, 3.63) is 71.5 Å². The second kappa shape index (κ2) is 10.5. The molecule has 4 nitrogen and oxygen atoms in total. The second-order valence-corrected chi connectivity index (χ2v) is 7.82. The third-order valence-corrected chi connectivity index (χ3v) is 5.78. The molecule has 0 saturated carbocycles. The van der Waals surface area contributed by atoms with Crippen LogP contribution < -0.4 is 0 Å². The number of carbonyl (C=O) groups excluding carboxylic acids is 1. The van der Waals surface area contributed by atoms with E-state index in [0.717, 1.165) is 27.7 Å². The molecule has 1 aromatic heterocycles. The predicted molar refractivity (Wildman–Crippen MR) is 116 cm³/mol. The van der Waals surface area contributed by atoms with E-state index >= 15 is 0 Å². The minimum atomic E-state index is 0.0990. The minimum Gasteiger partial charge on any atom is -0.385 e. The molecule has 3 aromatic rings. The van der Waals surface area contributed by atoms with Gasteiger partial charge >= 0.3 is 0 Å². The third-order valence-electron chi connectivity index (χ3n) is 4.42. The van der Waals surface area contributed by atoms with Crippen LogP contribution in [0.2, 0.25) is 5.02 Å². The Morgan fingerprint density at radius 2 is 1.89 bits per heavy atom. The number of methoxy groups -OCH3 is 1. The quantitative estimate of drug-likeness (QED) is 0.363. The molecular weight excluding hydrogens is 392 g/mol. The molecule has 0 bridgehead atoms. The Labute approximate surface area is 174 Å². The van der Waals surface area contributed by atoms with Gasteiger partial charge < -0.3 is 9.64 Å². The molecule has 3 rings (SSSR count). The number of amides is 1. The van der Waals surface area contributed by atoms with Crippen molar-refractivity contribution in [2.75, 3.05) is 26.0 Å². The van der Waals surface area contributed by atoms with Crippen LogP contribution in [0.4, 0.5) is 0 Å². The zero-order valence-electron chi connectivity index (χ0n) is 15.8. The summed E-state index contributed by atoms with van der Waals surface area (Å²) >= 11 is 7.93. The molecule has 2 aromatic carbocycles. The third kappa shape index (κ3) is 5.47. The summed E-state index contributed by atoms with van der Waals surface area (Å²) < 4.78 is 5.15. The first-order valence-electron chi connectivity index (χ1n) is 9.14. The van der Waals surface area contributed by atoms with Crippen LogP contribution in [0.25, 0.3) is 10.8 Å². The normalized spacial score (nSPS) is 10.9. The van der Waals surface area contributed by atoms with Gasteiger partial charge in [0.2, 0.25) is 5.91 Å². The molecule has 0 atom stereocenters. The van der Waals surface area contributed by atoms with E-state index in [1.807, 2.05) is 53.4 Å². The average Bonchev–Trinajstić information content (AvgIpc) is 2.72. The Bertz CT molecular complexity index is 916. The Balaban J connectivity index is 1.71. The van der Waals surface area contributed by atoms with Crippen LogP contribution in [0.5, 0.6) is 0 Å². The van der Waals surface area contributed by atoms with Crippen LogP contribution in [0.1, 0.15) is 12.0 Å². The van der Waals surface area contributed by atoms with Crippen molar-refractivity contribution in [3.63, 3.8) is 0 Å². The first kappa shape index (κ1) is 20.6. The van der Waals surface area contributed by atoms with Crippen molar-refractivity contribution >= 4 is 40.0 Å². The summed E-state index contributed by atoms with van der Waals surface area (Å²) in [4.78, 5) is 19.9. The molecular formula is C22H23ClN2O2S. The number of benzene rings is 2. The van der Waals surface area contributed by atoms with E-state index in [1.54, 1.807) is 19.5 Å². The summed E-state index contributed by atoms with van der Waals surface area (Å²) in [5.41, 5.74) is 1.07. The number of carbonyl (C=O) groups is 1. The molecule has 0 spiro atoms. The van der Waals surface area contributed by atoms with Crippen LogP contribution in [0.15, 0.2) is 65.8 Å². The number of halogens is 1. The maximum absolute atomic E-state index is 13.0. The van der Waals surface area contributed by atoms with Crippen molar-refractivity contribution in [1.82, 2.24) is 9.88 Å². The van der Waals surface area contributed by atoms with Gasteiger partial charge in [-0.2, -0.15) is 0 Å². The second-order valence-electron chi connectivity index (χ2n) is 6.40. The molecule has 0 unspecified atom stereocenters. The van der Waals surface area contributed by atoms with Crippen molar-refractivity contribution in [3.8, 4) is 0 Å². The van der Waals surface area contributed by atoms with E-state index in [2.05, 4.69) is 4.98 Å². The molecule has 0 aliphatic rings. The molecule has 1 heterocycles. The highest BCUT2D eigenvalue weighted by atomic mass is 35.5. The van der Waals surface area contributed by atoms with Gasteiger partial charge in [-0.3, -0.25) is 9.78 Å². The molecule has 0 fully saturated rings. The summed E-state index contributed by atoms with van der Waals surface area (Å²) in [6.07, 6.45) is 4.30. The smallest absolute Gasteiger partial charge is 0.233 e. The number of rotatable bonds is 9. The molecule has 0 saturated heterocycles. The Morgan fingerprint density at radius 3 is 2.64 bits per heavy atom. The minimum absolute atomic E-state index is 0.0990. The Morgan fingerprint density at radius 1 is 1.14 bits per heavy atom. The highest BCUT2D eigenvalue weighted by molar-refractivity contribution is 8.00. The van der Waals surface area contributed by atoms with Crippen molar-refractivity contribution < 1.29 is 9.53 Å². The number of thioether (sulfide) groups is 1. The van der Waals surface area contributed by atoms with Gasteiger partial charge in [0.1, 0.15) is 0 Å². The molecule has 0 aliphatic carbocycles. The van der Waals surface area contributed by atoms with E-state index in [4.69, 9.17) is 16.3 Å². The van der Waals surface area contributed by atoms with E-state index in [1.165, 1.54) is 11.8 Å². The predicted octanol–water partition coefficient (Wildman–Crippen LogP) is 5.05. The number of fused-ring (bicyclic) bond motifs is 1. The van der Waals surface area contributed by atoms with Crippen LogP contribution in [-0.2, 0) is 16.1 Å². The lowest BCUT2D eigenvalue weighted by atomic mass is 10.1. The van der Waals surface area contributed by atoms with E-state index in [9.17, 15) is 4.79 Å². The van der Waals surface area contributed by atoms with Gasteiger partial charge in [-0.05, 0) is 41.6 Å². The fraction of sp³-hybridized carbons (Fsp3) is 0.273. The first-order chi connectivity index (χ1) is 13.7. The average molecular weight is 415 g/mol. The van der Waals surface area contributed by atoms with Crippen LogP contribution >= 0.6 is 23.4 Å². The molecule has 1 amide bonds. The number of pyridine rings is 1. The number of nitrogens with zero attached hydrogens (tertiary/aromatic N) is 2. The first-order valence-corrected chi connectivity index (χ1v) is 10.5. The molecule has 146 valence electrons.